The van der Waals surface area contributed by atoms with Crippen LogP contribution in [0, 0.1) is 0 Å². The van der Waals surface area contributed by atoms with Crippen molar-refractivity contribution in [2.75, 3.05) is 39.3 Å². The lowest BCUT2D eigenvalue weighted by Gasteiger charge is -2.38. The number of piperazine rings is 1. The fourth-order valence-electron chi connectivity index (χ4n) is 3.46. The van der Waals surface area contributed by atoms with Gasteiger partial charge in [0.2, 0.25) is 5.91 Å². The van der Waals surface area contributed by atoms with Crippen LogP contribution in [0.3, 0.4) is 0 Å². The van der Waals surface area contributed by atoms with Crippen molar-refractivity contribution in [3.63, 3.8) is 0 Å². The molecule has 0 radical (unpaired) electrons. The normalized spacial score (nSPS) is 17.8. The molecule has 6 nitrogen and oxygen atoms in total. The molecule has 7 heteroatoms. The van der Waals surface area contributed by atoms with Gasteiger partial charge in [-0.1, -0.05) is 41.9 Å². The number of aliphatic hydroxyl groups is 1. The Hall–Kier alpha value is -2.12. The van der Waals surface area contributed by atoms with Gasteiger partial charge in [0.15, 0.2) is 0 Å². The topological polar surface area (TPSA) is 79.0 Å². The summed E-state index contributed by atoms with van der Waals surface area (Å²) in [5.74, 6) is 0.380. The number of aliphatic hydroxyl groups excluding tert-OH is 1. The number of benzene rings is 2. The van der Waals surface area contributed by atoms with E-state index in [9.17, 15) is 9.90 Å². The predicted molar refractivity (Wildman–Crippen MR) is 109 cm³/mol. The van der Waals surface area contributed by atoms with Crippen LogP contribution >= 0.6 is 11.6 Å². The lowest BCUT2D eigenvalue weighted by molar-refractivity contribution is -0.124. The van der Waals surface area contributed by atoms with Crippen LogP contribution in [0.15, 0.2) is 54.6 Å². The molecule has 1 amide bonds. The number of primary amides is 1. The number of nitrogens with zero attached hydrogens (tertiary/aromatic N) is 2. The van der Waals surface area contributed by atoms with E-state index in [0.29, 0.717) is 24.7 Å². The van der Waals surface area contributed by atoms with Crippen molar-refractivity contribution in [1.82, 2.24) is 9.80 Å². The molecule has 3 rings (SSSR count). The van der Waals surface area contributed by atoms with Crippen molar-refractivity contribution in [1.29, 1.82) is 0 Å². The molecular weight excluding hydrogens is 378 g/mol. The zero-order valence-corrected chi connectivity index (χ0v) is 16.5. The fraction of sp³-hybridized carbons (Fsp3) is 0.381. The molecule has 0 aromatic heterocycles. The number of carbonyl (C=O) groups is 1. The van der Waals surface area contributed by atoms with E-state index in [0.717, 1.165) is 24.4 Å². The second kappa shape index (κ2) is 9.89. The van der Waals surface area contributed by atoms with E-state index >= 15 is 0 Å². The number of amides is 1. The zero-order chi connectivity index (χ0) is 19.9. The van der Waals surface area contributed by atoms with Gasteiger partial charge in [0.05, 0.1) is 0 Å². The summed E-state index contributed by atoms with van der Waals surface area (Å²) in [5, 5.41) is 10.9. The summed E-state index contributed by atoms with van der Waals surface area (Å²) in [6.07, 6.45) is -0.574. The molecule has 1 heterocycles. The highest BCUT2D eigenvalue weighted by Crippen LogP contribution is 2.23. The molecule has 28 heavy (non-hydrogen) atoms. The van der Waals surface area contributed by atoms with Crippen LogP contribution in [0.2, 0.25) is 5.02 Å². The zero-order valence-electron chi connectivity index (χ0n) is 15.7. The molecule has 3 N–H and O–H groups in total. The fourth-order valence-corrected chi connectivity index (χ4v) is 3.59. The second-order valence-electron chi connectivity index (χ2n) is 6.97. The van der Waals surface area contributed by atoms with Crippen molar-refractivity contribution in [3.8, 4) is 5.75 Å². The van der Waals surface area contributed by atoms with Crippen LogP contribution < -0.4 is 10.5 Å². The Morgan fingerprint density at radius 1 is 1.07 bits per heavy atom. The molecule has 1 aliphatic rings. The number of nitrogens with two attached hydrogens (primary N) is 1. The summed E-state index contributed by atoms with van der Waals surface area (Å²) in [6, 6.07) is 16.2. The van der Waals surface area contributed by atoms with Crippen molar-refractivity contribution >= 4 is 17.5 Å². The van der Waals surface area contributed by atoms with E-state index in [2.05, 4.69) is 9.80 Å². The minimum absolute atomic E-state index is 0.249. The van der Waals surface area contributed by atoms with Crippen molar-refractivity contribution < 1.29 is 14.6 Å². The number of β-amino-alcohol motifs (C(OH)–C–C–N with tert-alkyl or cyclic N) is 1. The first kappa shape index (κ1) is 20.6. The maximum absolute atomic E-state index is 12.0. The molecule has 1 aliphatic heterocycles. The van der Waals surface area contributed by atoms with Crippen LogP contribution in [-0.2, 0) is 4.79 Å². The minimum atomic E-state index is -0.574. The Kier molecular flexibility index (Phi) is 7.28. The SMILES string of the molecule is NC(=O)[C@@H](c1ccc(Cl)cc1)N1CCN(CC(O)COc2ccccc2)CC1. The Balaban J connectivity index is 1.48. The van der Waals surface area contributed by atoms with Gasteiger partial charge in [0.1, 0.15) is 24.5 Å². The summed E-state index contributed by atoms with van der Waals surface area (Å²) in [6.45, 7) is 3.67. The number of hydrogen-bond acceptors (Lipinski definition) is 5. The second-order valence-corrected chi connectivity index (χ2v) is 7.41. The van der Waals surface area contributed by atoms with Gasteiger partial charge in [-0.25, -0.2) is 0 Å². The van der Waals surface area contributed by atoms with E-state index in [1.807, 2.05) is 42.5 Å². The first-order chi connectivity index (χ1) is 13.5. The number of hydrogen-bond donors (Lipinski definition) is 2. The Morgan fingerprint density at radius 3 is 2.32 bits per heavy atom. The maximum atomic E-state index is 12.0. The summed E-state index contributed by atoms with van der Waals surface area (Å²) >= 11 is 5.94. The number of ether oxygens (including phenoxy) is 1. The van der Waals surface area contributed by atoms with Gasteiger partial charge in [-0.05, 0) is 29.8 Å². The molecule has 2 atom stereocenters. The van der Waals surface area contributed by atoms with E-state index in [4.69, 9.17) is 22.1 Å². The minimum Gasteiger partial charge on any atom is -0.491 e. The number of para-hydroxylation sites is 1. The number of rotatable bonds is 8. The Labute approximate surface area is 170 Å². The molecule has 0 aliphatic carbocycles. The lowest BCUT2D eigenvalue weighted by atomic mass is 10.0. The highest BCUT2D eigenvalue weighted by Gasteiger charge is 2.29. The smallest absolute Gasteiger partial charge is 0.239 e. The largest absolute Gasteiger partial charge is 0.491 e. The average molecular weight is 404 g/mol. The Morgan fingerprint density at radius 2 is 1.71 bits per heavy atom. The first-order valence-electron chi connectivity index (χ1n) is 9.40. The van der Waals surface area contributed by atoms with Gasteiger partial charge in [0.25, 0.3) is 0 Å². The summed E-state index contributed by atoms with van der Waals surface area (Å²) in [4.78, 5) is 16.3. The van der Waals surface area contributed by atoms with E-state index in [-0.39, 0.29) is 12.5 Å². The molecule has 1 unspecified atom stereocenters. The van der Waals surface area contributed by atoms with E-state index < -0.39 is 12.1 Å². The molecule has 1 saturated heterocycles. The van der Waals surface area contributed by atoms with Gasteiger partial charge >= 0.3 is 0 Å². The van der Waals surface area contributed by atoms with Crippen molar-refractivity contribution in [3.05, 3.63) is 65.2 Å². The molecule has 0 bridgehead atoms. The van der Waals surface area contributed by atoms with Gasteiger partial charge < -0.3 is 15.6 Å². The number of halogens is 1. The molecule has 1 fully saturated rings. The molecule has 2 aromatic carbocycles. The molecule has 2 aromatic rings. The average Bonchev–Trinajstić information content (AvgIpc) is 2.70. The van der Waals surface area contributed by atoms with Gasteiger partial charge in [-0.3, -0.25) is 14.6 Å². The molecule has 0 saturated carbocycles. The van der Waals surface area contributed by atoms with E-state index in [1.165, 1.54) is 0 Å². The van der Waals surface area contributed by atoms with Crippen molar-refractivity contribution in [2.24, 2.45) is 5.73 Å². The van der Waals surface area contributed by atoms with Crippen LogP contribution in [0.1, 0.15) is 11.6 Å². The summed E-state index contributed by atoms with van der Waals surface area (Å²) < 4.78 is 5.61. The monoisotopic (exact) mass is 403 g/mol. The quantitative estimate of drug-likeness (QED) is 0.704. The van der Waals surface area contributed by atoms with Crippen molar-refractivity contribution in [2.45, 2.75) is 12.1 Å². The van der Waals surface area contributed by atoms with E-state index in [1.54, 1.807) is 12.1 Å². The first-order valence-corrected chi connectivity index (χ1v) is 9.78. The van der Waals surface area contributed by atoms with Gasteiger partial charge in [-0.15, -0.1) is 0 Å². The Bertz CT molecular complexity index is 749. The number of carbonyl (C=O) groups excluding carboxylic acids is 1. The summed E-state index contributed by atoms with van der Waals surface area (Å²) in [7, 11) is 0. The van der Waals surface area contributed by atoms with Gasteiger partial charge in [0, 0.05) is 37.7 Å². The third kappa shape index (κ3) is 5.69. The predicted octanol–water partition coefficient (Wildman–Crippen LogP) is 1.92. The molecule has 0 spiro atoms. The lowest BCUT2D eigenvalue weighted by Crippen LogP contribution is -2.52. The highest BCUT2D eigenvalue weighted by molar-refractivity contribution is 6.30. The highest BCUT2D eigenvalue weighted by atomic mass is 35.5. The standard InChI is InChI=1S/C21H26ClN3O3/c22-17-8-6-16(7-9-17)20(21(23)27)25-12-10-24(11-13-25)14-18(26)15-28-19-4-2-1-3-5-19/h1-9,18,20,26H,10-15H2,(H2,23,27)/t18?,20-/m1/s1. The maximum Gasteiger partial charge on any atom is 0.239 e. The van der Waals surface area contributed by atoms with Crippen LogP contribution in [0.4, 0.5) is 0 Å². The van der Waals surface area contributed by atoms with Crippen LogP contribution in [0.5, 0.6) is 5.75 Å². The van der Waals surface area contributed by atoms with Crippen LogP contribution in [-0.4, -0.2) is 66.2 Å². The third-order valence-corrected chi connectivity index (χ3v) is 5.13. The van der Waals surface area contributed by atoms with Gasteiger partial charge in [-0.2, -0.15) is 0 Å². The van der Waals surface area contributed by atoms with Crippen LogP contribution in [0.25, 0.3) is 0 Å². The molecule has 150 valence electrons. The molecular formula is C21H26ClN3O3. The summed E-state index contributed by atoms with van der Waals surface area (Å²) in [5.41, 5.74) is 6.51. The third-order valence-electron chi connectivity index (χ3n) is 4.88.